The van der Waals surface area contributed by atoms with Crippen molar-refractivity contribution >= 4 is 18.0 Å². The first-order valence-electron chi connectivity index (χ1n) is 11.4. The van der Waals surface area contributed by atoms with Crippen molar-refractivity contribution in [2.75, 3.05) is 19.7 Å². The molecule has 0 heterocycles. The molecule has 0 aromatic heterocycles. The lowest BCUT2D eigenvalue weighted by Gasteiger charge is -2.20. The van der Waals surface area contributed by atoms with Gasteiger partial charge in [-0.3, -0.25) is 9.59 Å². The van der Waals surface area contributed by atoms with E-state index in [0.717, 1.165) is 18.4 Å². The normalized spacial score (nSPS) is 12.0. The summed E-state index contributed by atoms with van der Waals surface area (Å²) in [7, 11) is 0. The molecule has 8 heteroatoms. The van der Waals surface area contributed by atoms with Crippen LogP contribution < -0.4 is 16.0 Å². The van der Waals surface area contributed by atoms with Crippen LogP contribution in [0.5, 0.6) is 0 Å². The van der Waals surface area contributed by atoms with Gasteiger partial charge < -0.3 is 25.4 Å². The van der Waals surface area contributed by atoms with Gasteiger partial charge in [-0.05, 0) is 58.9 Å². The van der Waals surface area contributed by atoms with E-state index in [9.17, 15) is 14.4 Å². The molecule has 0 unspecified atom stereocenters. The Bertz CT molecular complexity index is 689. The molecule has 0 radical (unpaired) electrons. The number of alkyl carbamates (subject to hydrolysis) is 1. The molecule has 8 nitrogen and oxygen atoms in total. The highest BCUT2D eigenvalue weighted by Gasteiger charge is 2.18. The number of carbonyl (C=O) groups excluding carboxylic acids is 3. The van der Waals surface area contributed by atoms with Crippen LogP contribution in [-0.4, -0.2) is 49.3 Å². The molecule has 0 fully saturated rings. The van der Waals surface area contributed by atoms with Crippen molar-refractivity contribution in [1.82, 2.24) is 16.0 Å². The van der Waals surface area contributed by atoms with E-state index in [0.29, 0.717) is 39.1 Å². The van der Waals surface area contributed by atoms with Crippen molar-refractivity contribution in [3.8, 4) is 0 Å². The number of benzene rings is 1. The fraction of sp³-hybridized carbons (Fsp3) is 0.625. The summed E-state index contributed by atoms with van der Waals surface area (Å²) in [5, 5.41) is 8.96. The maximum absolute atomic E-state index is 12.7. The number of unbranched alkanes of at least 4 members (excludes halogenated alkanes) is 1. The summed E-state index contributed by atoms with van der Waals surface area (Å²) in [6, 6.07) is 9.53. The number of rotatable bonds is 14. The third-order valence-corrected chi connectivity index (χ3v) is 4.46. The number of hydrogen-bond acceptors (Lipinski definition) is 6. The van der Waals surface area contributed by atoms with Gasteiger partial charge in [-0.25, -0.2) is 4.79 Å². The molecule has 0 bridgehead atoms. The van der Waals surface area contributed by atoms with E-state index in [1.807, 2.05) is 51.1 Å². The Kier molecular flexibility index (Phi) is 13.1. The monoisotopic (exact) mass is 449 g/mol. The van der Waals surface area contributed by atoms with E-state index in [1.54, 1.807) is 6.92 Å². The Hall–Kier alpha value is -2.61. The summed E-state index contributed by atoms with van der Waals surface area (Å²) in [6.45, 7) is 9.08. The Morgan fingerprint density at radius 3 is 2.31 bits per heavy atom. The van der Waals surface area contributed by atoms with Gasteiger partial charge in [-0.1, -0.05) is 30.3 Å². The van der Waals surface area contributed by atoms with Crippen LogP contribution in [0, 0.1) is 0 Å². The standard InChI is InChI=1S/C24H39N3O5/c1-5-31-21(28)15-11-17-25-22(29)20(27-18-19-12-7-6-8-13-19)14-9-10-16-26-23(30)32-24(2,3)4/h6-8,12-13,20,27H,5,9-11,14-18H2,1-4H3,(H,25,29)(H,26,30)/t20-/m0/s1. The average Bonchev–Trinajstić information content (AvgIpc) is 2.72. The van der Waals surface area contributed by atoms with Gasteiger partial charge in [-0.15, -0.1) is 0 Å². The van der Waals surface area contributed by atoms with Gasteiger partial charge in [0.15, 0.2) is 0 Å². The van der Waals surface area contributed by atoms with Gasteiger partial charge >= 0.3 is 12.1 Å². The van der Waals surface area contributed by atoms with Crippen LogP contribution in [0.15, 0.2) is 30.3 Å². The van der Waals surface area contributed by atoms with Gasteiger partial charge in [-0.2, -0.15) is 0 Å². The zero-order chi connectivity index (χ0) is 23.8. The van der Waals surface area contributed by atoms with E-state index in [2.05, 4.69) is 16.0 Å². The number of hydrogen-bond donors (Lipinski definition) is 3. The first kappa shape index (κ1) is 27.4. The summed E-state index contributed by atoms with van der Waals surface area (Å²) in [5.41, 5.74) is 0.571. The van der Waals surface area contributed by atoms with Gasteiger partial charge in [0, 0.05) is 26.1 Å². The molecule has 180 valence electrons. The van der Waals surface area contributed by atoms with Crippen molar-refractivity contribution in [1.29, 1.82) is 0 Å². The molecule has 3 N–H and O–H groups in total. The molecule has 1 rings (SSSR count). The van der Waals surface area contributed by atoms with Crippen LogP contribution in [-0.2, 0) is 25.6 Å². The topological polar surface area (TPSA) is 106 Å². The smallest absolute Gasteiger partial charge is 0.407 e. The molecule has 0 aliphatic heterocycles. The second-order valence-electron chi connectivity index (χ2n) is 8.54. The van der Waals surface area contributed by atoms with E-state index in [1.165, 1.54) is 0 Å². The molecule has 0 aliphatic rings. The molecular weight excluding hydrogens is 410 g/mol. The zero-order valence-electron chi connectivity index (χ0n) is 19.9. The van der Waals surface area contributed by atoms with Crippen LogP contribution in [0.3, 0.4) is 0 Å². The third-order valence-electron chi connectivity index (χ3n) is 4.46. The minimum atomic E-state index is -0.526. The predicted octanol–water partition coefficient (Wildman–Crippen LogP) is 3.30. The molecule has 2 amide bonds. The highest BCUT2D eigenvalue weighted by Crippen LogP contribution is 2.07. The van der Waals surface area contributed by atoms with Crippen LogP contribution in [0.25, 0.3) is 0 Å². The highest BCUT2D eigenvalue weighted by atomic mass is 16.6. The molecule has 0 aliphatic carbocycles. The van der Waals surface area contributed by atoms with Gasteiger partial charge in [0.05, 0.1) is 12.6 Å². The van der Waals surface area contributed by atoms with E-state index < -0.39 is 11.7 Å². The van der Waals surface area contributed by atoms with Gasteiger partial charge in [0.1, 0.15) is 5.60 Å². The lowest BCUT2D eigenvalue weighted by Crippen LogP contribution is -2.44. The summed E-state index contributed by atoms with van der Waals surface area (Å²) in [6.07, 6.45) is 2.52. The summed E-state index contributed by atoms with van der Waals surface area (Å²) >= 11 is 0. The fourth-order valence-electron chi connectivity index (χ4n) is 2.94. The number of nitrogens with one attached hydrogen (secondary N) is 3. The third kappa shape index (κ3) is 13.6. The van der Waals surface area contributed by atoms with Gasteiger partial charge in [0.2, 0.25) is 5.91 Å². The number of esters is 1. The van der Waals surface area contributed by atoms with Crippen molar-refractivity contribution in [3.63, 3.8) is 0 Å². The first-order chi connectivity index (χ1) is 15.2. The van der Waals surface area contributed by atoms with Crippen molar-refractivity contribution < 1.29 is 23.9 Å². The fourth-order valence-corrected chi connectivity index (χ4v) is 2.94. The Labute approximate surface area is 191 Å². The molecule has 32 heavy (non-hydrogen) atoms. The first-order valence-corrected chi connectivity index (χ1v) is 11.4. The molecule has 0 spiro atoms. The molecule has 1 aromatic carbocycles. The van der Waals surface area contributed by atoms with E-state index >= 15 is 0 Å². The summed E-state index contributed by atoms with van der Waals surface area (Å²) in [5.74, 6) is -0.345. The van der Waals surface area contributed by atoms with Crippen LogP contribution in [0.2, 0.25) is 0 Å². The zero-order valence-corrected chi connectivity index (χ0v) is 19.9. The quantitative estimate of drug-likeness (QED) is 0.297. The lowest BCUT2D eigenvalue weighted by molar-refractivity contribution is -0.143. The molecule has 0 saturated carbocycles. The number of amides is 2. The Balaban J connectivity index is 2.43. The van der Waals surface area contributed by atoms with E-state index in [-0.39, 0.29) is 24.3 Å². The van der Waals surface area contributed by atoms with Crippen molar-refractivity contribution in [2.45, 2.75) is 78.0 Å². The summed E-state index contributed by atoms with van der Waals surface area (Å²) in [4.78, 5) is 35.8. The Morgan fingerprint density at radius 1 is 0.969 bits per heavy atom. The van der Waals surface area contributed by atoms with Crippen LogP contribution >= 0.6 is 0 Å². The van der Waals surface area contributed by atoms with Crippen molar-refractivity contribution in [3.05, 3.63) is 35.9 Å². The SMILES string of the molecule is CCOC(=O)CCCNC(=O)[C@H](CCCCNC(=O)OC(C)(C)C)NCc1ccccc1. The second-order valence-corrected chi connectivity index (χ2v) is 8.54. The van der Waals surface area contributed by atoms with Crippen LogP contribution in [0.4, 0.5) is 4.79 Å². The molecular formula is C24H39N3O5. The molecule has 1 atom stereocenters. The van der Waals surface area contributed by atoms with Gasteiger partial charge in [0.25, 0.3) is 0 Å². The van der Waals surface area contributed by atoms with E-state index in [4.69, 9.17) is 9.47 Å². The maximum Gasteiger partial charge on any atom is 0.407 e. The summed E-state index contributed by atoms with van der Waals surface area (Å²) < 4.78 is 10.1. The largest absolute Gasteiger partial charge is 0.466 e. The molecule has 0 saturated heterocycles. The number of ether oxygens (including phenoxy) is 2. The molecule has 1 aromatic rings. The lowest BCUT2D eigenvalue weighted by atomic mass is 10.1. The average molecular weight is 450 g/mol. The number of carbonyl (C=O) groups is 3. The Morgan fingerprint density at radius 2 is 1.66 bits per heavy atom. The maximum atomic E-state index is 12.7. The second kappa shape index (κ2) is 15.2. The minimum absolute atomic E-state index is 0.0927. The van der Waals surface area contributed by atoms with Crippen LogP contribution in [0.1, 0.15) is 65.4 Å². The predicted molar refractivity (Wildman–Crippen MR) is 124 cm³/mol. The minimum Gasteiger partial charge on any atom is -0.466 e. The highest BCUT2D eigenvalue weighted by molar-refractivity contribution is 5.81. The van der Waals surface area contributed by atoms with Crippen molar-refractivity contribution in [2.24, 2.45) is 0 Å².